The van der Waals surface area contributed by atoms with Gasteiger partial charge in [0.05, 0.1) is 5.41 Å². The normalized spacial score (nSPS) is 21.6. The van der Waals surface area contributed by atoms with Gasteiger partial charge in [-0.3, -0.25) is 4.79 Å². The van der Waals surface area contributed by atoms with E-state index in [9.17, 15) is 19.1 Å². The smallest absolute Gasteiger partial charge is 0.321 e. The second-order valence-electron chi connectivity index (χ2n) is 5.73. The molecule has 1 saturated heterocycles. The van der Waals surface area contributed by atoms with Gasteiger partial charge >= 0.3 is 12.0 Å². The lowest BCUT2D eigenvalue weighted by atomic mass is 9.76. The van der Waals surface area contributed by atoms with Crippen LogP contribution in [0.15, 0.2) is 24.3 Å². The highest BCUT2D eigenvalue weighted by Crippen LogP contribution is 2.38. The van der Waals surface area contributed by atoms with E-state index in [1.807, 2.05) is 13.8 Å². The van der Waals surface area contributed by atoms with Crippen LogP contribution in [-0.4, -0.2) is 35.1 Å². The maximum absolute atomic E-state index is 13.1. The van der Waals surface area contributed by atoms with Crippen molar-refractivity contribution in [1.29, 1.82) is 0 Å². The van der Waals surface area contributed by atoms with E-state index in [4.69, 9.17) is 0 Å². The number of carbonyl (C=O) groups is 2. The molecule has 5 nitrogen and oxygen atoms in total. The topological polar surface area (TPSA) is 69.6 Å². The Morgan fingerprint density at radius 1 is 1.43 bits per heavy atom. The third-order valence-corrected chi connectivity index (χ3v) is 4.20. The van der Waals surface area contributed by atoms with Gasteiger partial charge in [-0.15, -0.1) is 0 Å². The van der Waals surface area contributed by atoms with Crippen molar-refractivity contribution in [2.45, 2.75) is 20.3 Å². The number of hydrogen-bond acceptors (Lipinski definition) is 2. The van der Waals surface area contributed by atoms with Crippen LogP contribution in [0.1, 0.15) is 20.3 Å². The molecule has 1 aliphatic heterocycles. The summed E-state index contributed by atoms with van der Waals surface area (Å²) in [7, 11) is 0. The zero-order valence-electron chi connectivity index (χ0n) is 12.1. The summed E-state index contributed by atoms with van der Waals surface area (Å²) in [5, 5.41) is 12.0. The van der Waals surface area contributed by atoms with Crippen LogP contribution < -0.4 is 5.32 Å². The van der Waals surface area contributed by atoms with Crippen molar-refractivity contribution in [2.24, 2.45) is 11.3 Å². The number of rotatable bonds is 3. The van der Waals surface area contributed by atoms with Gasteiger partial charge in [-0.2, -0.15) is 0 Å². The largest absolute Gasteiger partial charge is 0.481 e. The number of carboxylic acids is 1. The van der Waals surface area contributed by atoms with E-state index >= 15 is 0 Å². The number of benzene rings is 1. The minimum absolute atomic E-state index is 0.0676. The highest BCUT2D eigenvalue weighted by Gasteiger charge is 2.48. The van der Waals surface area contributed by atoms with Crippen LogP contribution in [0.3, 0.4) is 0 Å². The molecule has 0 aromatic heterocycles. The Morgan fingerprint density at radius 3 is 2.67 bits per heavy atom. The van der Waals surface area contributed by atoms with Gasteiger partial charge in [-0.25, -0.2) is 9.18 Å². The average Bonchev–Trinajstić information content (AvgIpc) is 2.85. The first-order valence-corrected chi connectivity index (χ1v) is 6.90. The zero-order chi connectivity index (χ0) is 15.6. The summed E-state index contributed by atoms with van der Waals surface area (Å²) in [5.41, 5.74) is -0.545. The van der Waals surface area contributed by atoms with Crippen LogP contribution in [0, 0.1) is 17.2 Å². The van der Waals surface area contributed by atoms with Crippen molar-refractivity contribution in [1.82, 2.24) is 4.90 Å². The van der Waals surface area contributed by atoms with Gasteiger partial charge < -0.3 is 15.3 Å². The van der Waals surface area contributed by atoms with E-state index in [1.165, 1.54) is 23.1 Å². The molecule has 0 saturated carbocycles. The number of carbonyl (C=O) groups excluding carboxylic acids is 1. The number of hydrogen-bond donors (Lipinski definition) is 2. The highest BCUT2D eigenvalue weighted by atomic mass is 19.1. The van der Waals surface area contributed by atoms with Crippen LogP contribution in [0.2, 0.25) is 0 Å². The number of aliphatic carboxylic acids is 1. The molecular formula is C15H19FN2O3. The maximum atomic E-state index is 13.1. The molecule has 0 spiro atoms. The van der Waals surface area contributed by atoms with Crippen LogP contribution >= 0.6 is 0 Å². The Labute approximate surface area is 122 Å². The van der Waals surface area contributed by atoms with E-state index < -0.39 is 23.2 Å². The van der Waals surface area contributed by atoms with Gasteiger partial charge in [0.2, 0.25) is 0 Å². The second-order valence-corrected chi connectivity index (χ2v) is 5.73. The lowest BCUT2D eigenvalue weighted by Crippen LogP contribution is -2.41. The molecule has 2 rings (SSSR count). The molecule has 114 valence electrons. The summed E-state index contributed by atoms with van der Waals surface area (Å²) in [6, 6.07) is 5.21. The van der Waals surface area contributed by atoms with E-state index in [1.54, 1.807) is 6.07 Å². The first kappa shape index (κ1) is 15.3. The molecule has 1 atom stereocenters. The van der Waals surface area contributed by atoms with Crippen LogP contribution in [-0.2, 0) is 4.79 Å². The molecule has 1 aromatic carbocycles. The van der Waals surface area contributed by atoms with Crippen molar-refractivity contribution >= 4 is 17.7 Å². The monoisotopic (exact) mass is 294 g/mol. The SMILES string of the molecule is CC(C)C1(C(=O)O)CCN(C(=O)Nc2cccc(F)c2)C1. The van der Waals surface area contributed by atoms with Crippen LogP contribution in [0.5, 0.6) is 0 Å². The first-order valence-electron chi connectivity index (χ1n) is 6.90. The Kier molecular flexibility index (Phi) is 4.16. The molecule has 0 aliphatic carbocycles. The summed E-state index contributed by atoms with van der Waals surface area (Å²) in [6.45, 7) is 4.25. The highest BCUT2D eigenvalue weighted by molar-refractivity contribution is 5.90. The van der Waals surface area contributed by atoms with Crippen LogP contribution in [0.25, 0.3) is 0 Å². The Bertz CT molecular complexity index is 562. The number of carboxylic acid groups (broad SMARTS) is 1. The van der Waals surface area contributed by atoms with E-state index in [0.29, 0.717) is 18.7 Å². The second kappa shape index (κ2) is 5.71. The third kappa shape index (κ3) is 2.99. The molecule has 1 aliphatic rings. The number of urea groups is 1. The van der Waals surface area contributed by atoms with Gasteiger partial charge in [-0.05, 0) is 30.5 Å². The minimum Gasteiger partial charge on any atom is -0.481 e. The fourth-order valence-electron chi connectivity index (χ4n) is 2.67. The predicted molar refractivity (Wildman–Crippen MR) is 76.5 cm³/mol. The number of nitrogens with one attached hydrogen (secondary N) is 1. The lowest BCUT2D eigenvalue weighted by Gasteiger charge is -2.28. The summed E-state index contributed by atoms with van der Waals surface area (Å²) < 4.78 is 13.1. The van der Waals surface area contributed by atoms with Gasteiger partial charge in [0.25, 0.3) is 0 Å². The van der Waals surface area contributed by atoms with Crippen molar-refractivity contribution < 1.29 is 19.1 Å². The molecule has 1 fully saturated rings. The predicted octanol–water partition coefficient (Wildman–Crippen LogP) is 2.79. The number of halogens is 1. The van der Waals surface area contributed by atoms with Crippen molar-refractivity contribution in [3.63, 3.8) is 0 Å². The van der Waals surface area contributed by atoms with Crippen LogP contribution in [0.4, 0.5) is 14.9 Å². The number of anilines is 1. The molecule has 0 radical (unpaired) electrons. The molecule has 21 heavy (non-hydrogen) atoms. The first-order chi connectivity index (χ1) is 9.85. The third-order valence-electron chi connectivity index (χ3n) is 4.20. The fraction of sp³-hybridized carbons (Fsp3) is 0.467. The van der Waals surface area contributed by atoms with Gasteiger partial charge in [-0.1, -0.05) is 19.9 Å². The Hall–Kier alpha value is -2.11. The number of nitrogens with zero attached hydrogens (tertiary/aromatic N) is 1. The molecule has 0 bridgehead atoms. The van der Waals surface area contributed by atoms with Crippen molar-refractivity contribution in [3.05, 3.63) is 30.1 Å². The molecular weight excluding hydrogens is 275 g/mol. The zero-order valence-corrected chi connectivity index (χ0v) is 12.1. The van der Waals surface area contributed by atoms with Crippen molar-refractivity contribution in [3.8, 4) is 0 Å². The van der Waals surface area contributed by atoms with E-state index in [2.05, 4.69) is 5.32 Å². The number of amides is 2. The summed E-state index contributed by atoms with van der Waals surface area (Å²) in [4.78, 5) is 25.2. The maximum Gasteiger partial charge on any atom is 0.321 e. The molecule has 2 N–H and O–H groups in total. The van der Waals surface area contributed by atoms with E-state index in [0.717, 1.165) is 0 Å². The standard InChI is InChI=1S/C15H19FN2O3/c1-10(2)15(13(19)20)6-7-18(9-15)14(21)17-12-5-3-4-11(16)8-12/h3-5,8,10H,6-7,9H2,1-2H3,(H,17,21)(H,19,20). The minimum atomic E-state index is -0.903. The Balaban J connectivity index is 2.07. The van der Waals surface area contributed by atoms with E-state index in [-0.39, 0.29) is 12.5 Å². The van der Waals surface area contributed by atoms with Crippen molar-refractivity contribution in [2.75, 3.05) is 18.4 Å². The van der Waals surface area contributed by atoms with Gasteiger partial charge in [0.1, 0.15) is 5.82 Å². The fourth-order valence-corrected chi connectivity index (χ4v) is 2.67. The van der Waals surface area contributed by atoms with Gasteiger partial charge in [0, 0.05) is 18.8 Å². The molecule has 2 amide bonds. The molecule has 6 heteroatoms. The molecule has 1 aromatic rings. The number of likely N-dealkylation sites (tertiary alicyclic amines) is 1. The summed E-state index contributed by atoms with van der Waals surface area (Å²) in [5.74, 6) is -1.38. The quantitative estimate of drug-likeness (QED) is 0.900. The summed E-state index contributed by atoms with van der Waals surface area (Å²) >= 11 is 0. The molecule has 1 unspecified atom stereocenters. The lowest BCUT2D eigenvalue weighted by molar-refractivity contribution is -0.150. The summed E-state index contributed by atoms with van der Waals surface area (Å²) in [6.07, 6.45) is 0.427. The molecule has 1 heterocycles. The Morgan fingerprint density at radius 2 is 2.14 bits per heavy atom. The van der Waals surface area contributed by atoms with Gasteiger partial charge in [0.15, 0.2) is 0 Å². The average molecular weight is 294 g/mol.